The lowest BCUT2D eigenvalue weighted by atomic mass is 10.2. The van der Waals surface area contributed by atoms with Gasteiger partial charge in [-0.05, 0) is 6.92 Å². The molecule has 5 nitrogen and oxygen atoms in total. The first kappa shape index (κ1) is 8.99. The summed E-state index contributed by atoms with van der Waals surface area (Å²) in [5, 5.41) is 5.38. The molecule has 0 radical (unpaired) electrons. The Kier molecular flexibility index (Phi) is 3.04. The zero-order valence-corrected chi connectivity index (χ0v) is 6.92. The molecule has 0 aromatic rings. The summed E-state index contributed by atoms with van der Waals surface area (Å²) in [5.41, 5.74) is 0. The summed E-state index contributed by atoms with van der Waals surface area (Å²) < 4.78 is 4.75. The molecule has 1 aliphatic rings. The third-order valence-corrected chi connectivity index (χ3v) is 1.59. The maximum atomic E-state index is 11.1. The third kappa shape index (κ3) is 2.20. The largest absolute Gasteiger partial charge is 0.465 e. The van der Waals surface area contributed by atoms with E-state index >= 15 is 0 Å². The lowest BCUT2D eigenvalue weighted by molar-refractivity contribution is -0.148. The maximum Gasteiger partial charge on any atom is 0.323 e. The Balaban J connectivity index is 2.40. The van der Waals surface area contributed by atoms with Gasteiger partial charge in [0.2, 0.25) is 5.91 Å². The molecule has 1 saturated heterocycles. The molecule has 1 unspecified atom stereocenters. The van der Waals surface area contributed by atoms with Crippen molar-refractivity contribution in [3.8, 4) is 0 Å². The predicted molar refractivity (Wildman–Crippen MR) is 41.2 cm³/mol. The molecule has 0 bridgehead atoms. The number of hydrogen-bond acceptors (Lipinski definition) is 4. The summed E-state index contributed by atoms with van der Waals surface area (Å²) >= 11 is 0. The average molecular weight is 172 g/mol. The van der Waals surface area contributed by atoms with Crippen LogP contribution in [0.4, 0.5) is 0 Å². The molecule has 1 atom stereocenters. The monoisotopic (exact) mass is 172 g/mol. The predicted octanol–water partition coefficient (Wildman–Crippen LogP) is -1.01. The Hall–Kier alpha value is -1.10. The first-order valence-corrected chi connectivity index (χ1v) is 3.90. The average Bonchev–Trinajstić information content (AvgIpc) is 2.05. The van der Waals surface area contributed by atoms with Gasteiger partial charge in [-0.1, -0.05) is 0 Å². The fraction of sp³-hybridized carbons (Fsp3) is 0.714. The van der Waals surface area contributed by atoms with Crippen LogP contribution >= 0.6 is 0 Å². The van der Waals surface area contributed by atoms with Gasteiger partial charge >= 0.3 is 5.97 Å². The molecule has 1 rings (SSSR count). The first-order chi connectivity index (χ1) is 5.74. The van der Waals surface area contributed by atoms with Gasteiger partial charge in [0.05, 0.1) is 19.7 Å². The van der Waals surface area contributed by atoms with Crippen LogP contribution in [0.2, 0.25) is 0 Å². The van der Waals surface area contributed by atoms with Gasteiger partial charge in [-0.2, -0.15) is 0 Å². The fourth-order valence-corrected chi connectivity index (χ4v) is 1.01. The Morgan fingerprint density at radius 3 is 3.08 bits per heavy atom. The highest BCUT2D eigenvalue weighted by molar-refractivity contribution is 5.86. The van der Waals surface area contributed by atoms with Crippen LogP contribution < -0.4 is 10.6 Å². The lowest BCUT2D eigenvalue weighted by Crippen LogP contribution is -2.52. The fourth-order valence-electron chi connectivity index (χ4n) is 1.01. The zero-order valence-electron chi connectivity index (χ0n) is 6.92. The molecule has 0 spiro atoms. The summed E-state index contributed by atoms with van der Waals surface area (Å²) in [6, 6.07) is -0.473. The minimum Gasteiger partial charge on any atom is -0.465 e. The van der Waals surface area contributed by atoms with Crippen molar-refractivity contribution in [1.29, 1.82) is 0 Å². The highest BCUT2D eigenvalue weighted by Crippen LogP contribution is 1.98. The Morgan fingerprint density at radius 1 is 1.75 bits per heavy atom. The van der Waals surface area contributed by atoms with Crippen molar-refractivity contribution in [1.82, 2.24) is 10.6 Å². The number of amides is 1. The molecule has 0 aromatic heterocycles. The van der Waals surface area contributed by atoms with Crippen LogP contribution in [0.3, 0.4) is 0 Å². The van der Waals surface area contributed by atoms with Gasteiger partial charge in [-0.3, -0.25) is 14.9 Å². The highest BCUT2D eigenvalue weighted by atomic mass is 16.5. The van der Waals surface area contributed by atoms with Crippen molar-refractivity contribution in [3.63, 3.8) is 0 Å². The molecule has 0 saturated carbocycles. The van der Waals surface area contributed by atoms with Crippen molar-refractivity contribution in [2.24, 2.45) is 0 Å². The van der Waals surface area contributed by atoms with Crippen LogP contribution in [0.15, 0.2) is 0 Å². The summed E-state index contributed by atoms with van der Waals surface area (Å²) in [6.07, 6.45) is 0.166. The van der Waals surface area contributed by atoms with Gasteiger partial charge in [0.1, 0.15) is 6.04 Å². The van der Waals surface area contributed by atoms with Gasteiger partial charge in [0.15, 0.2) is 0 Å². The summed E-state index contributed by atoms with van der Waals surface area (Å²) in [5.74, 6) is -0.473. The SMILES string of the molecule is CCOC(=O)C1CC(=O)NCN1. The zero-order chi connectivity index (χ0) is 8.97. The molecule has 1 aliphatic heterocycles. The Labute approximate surface area is 70.5 Å². The van der Waals surface area contributed by atoms with Gasteiger partial charge in [0, 0.05) is 0 Å². The van der Waals surface area contributed by atoms with Gasteiger partial charge < -0.3 is 10.1 Å². The molecular weight excluding hydrogens is 160 g/mol. The van der Waals surface area contributed by atoms with Crippen LogP contribution in [0, 0.1) is 0 Å². The minimum absolute atomic E-state index is 0.119. The number of nitrogens with one attached hydrogen (secondary N) is 2. The number of carbonyl (C=O) groups is 2. The van der Waals surface area contributed by atoms with E-state index < -0.39 is 6.04 Å². The van der Waals surface area contributed by atoms with Crippen LogP contribution in [-0.2, 0) is 14.3 Å². The summed E-state index contributed by atoms with van der Waals surface area (Å²) in [6.45, 7) is 2.42. The highest BCUT2D eigenvalue weighted by Gasteiger charge is 2.25. The second-order valence-electron chi connectivity index (χ2n) is 2.49. The van der Waals surface area contributed by atoms with E-state index in [4.69, 9.17) is 4.74 Å². The smallest absolute Gasteiger partial charge is 0.323 e. The van der Waals surface area contributed by atoms with Gasteiger partial charge in [-0.15, -0.1) is 0 Å². The summed E-state index contributed by atoms with van der Waals surface area (Å²) in [7, 11) is 0. The van der Waals surface area contributed by atoms with E-state index in [0.29, 0.717) is 13.3 Å². The van der Waals surface area contributed by atoms with Crippen LogP contribution in [0.5, 0.6) is 0 Å². The molecule has 2 N–H and O–H groups in total. The molecular formula is C7H12N2O3. The molecule has 68 valence electrons. The Bertz CT molecular complexity index is 193. The molecule has 1 heterocycles. The molecule has 12 heavy (non-hydrogen) atoms. The second kappa shape index (κ2) is 4.06. The van der Waals surface area contributed by atoms with Crippen LogP contribution in [0.25, 0.3) is 0 Å². The van der Waals surface area contributed by atoms with E-state index in [0.717, 1.165) is 0 Å². The van der Waals surface area contributed by atoms with E-state index in [2.05, 4.69) is 10.6 Å². The number of carbonyl (C=O) groups excluding carboxylic acids is 2. The molecule has 0 aliphatic carbocycles. The first-order valence-electron chi connectivity index (χ1n) is 3.90. The topological polar surface area (TPSA) is 67.4 Å². The van der Waals surface area contributed by atoms with Crippen LogP contribution in [-0.4, -0.2) is 31.2 Å². The molecule has 0 aromatic carbocycles. The van der Waals surface area contributed by atoms with E-state index in [1.165, 1.54) is 0 Å². The van der Waals surface area contributed by atoms with E-state index in [1.54, 1.807) is 6.92 Å². The number of rotatable bonds is 2. The van der Waals surface area contributed by atoms with Crippen molar-refractivity contribution in [3.05, 3.63) is 0 Å². The number of ether oxygens (including phenoxy) is 1. The van der Waals surface area contributed by atoms with Crippen molar-refractivity contribution in [2.75, 3.05) is 13.3 Å². The van der Waals surface area contributed by atoms with Crippen molar-refractivity contribution in [2.45, 2.75) is 19.4 Å². The number of hydrogen-bond donors (Lipinski definition) is 2. The van der Waals surface area contributed by atoms with Gasteiger partial charge in [0.25, 0.3) is 0 Å². The van der Waals surface area contributed by atoms with Gasteiger partial charge in [-0.25, -0.2) is 0 Å². The standard InChI is InChI=1S/C7H12N2O3/c1-2-12-7(11)5-3-6(10)9-4-8-5/h5,8H,2-4H2,1H3,(H,9,10). The maximum absolute atomic E-state index is 11.1. The molecule has 1 amide bonds. The van der Waals surface area contributed by atoms with E-state index in [1.807, 2.05) is 0 Å². The van der Waals surface area contributed by atoms with E-state index in [-0.39, 0.29) is 18.3 Å². The lowest BCUT2D eigenvalue weighted by Gasteiger charge is -2.21. The second-order valence-corrected chi connectivity index (χ2v) is 2.49. The van der Waals surface area contributed by atoms with Crippen molar-refractivity contribution < 1.29 is 14.3 Å². The molecule has 5 heteroatoms. The quantitative estimate of drug-likeness (QED) is 0.523. The molecule has 1 fully saturated rings. The third-order valence-electron chi connectivity index (χ3n) is 1.59. The summed E-state index contributed by atoms with van der Waals surface area (Å²) in [4.78, 5) is 21.9. The van der Waals surface area contributed by atoms with E-state index in [9.17, 15) is 9.59 Å². The number of esters is 1. The minimum atomic E-state index is -0.473. The Morgan fingerprint density at radius 2 is 2.50 bits per heavy atom. The van der Waals surface area contributed by atoms with Crippen LogP contribution in [0.1, 0.15) is 13.3 Å². The normalized spacial score (nSPS) is 23.1. The van der Waals surface area contributed by atoms with Crippen molar-refractivity contribution >= 4 is 11.9 Å².